The molecule has 0 radical (unpaired) electrons. The monoisotopic (exact) mass is 345 g/mol. The molecule has 2 rings (SSSR count). The van der Waals surface area contributed by atoms with Crippen molar-refractivity contribution < 1.29 is 19.2 Å². The minimum atomic E-state index is -0.524. The Morgan fingerprint density at radius 1 is 1.00 bits per heavy atom. The lowest BCUT2D eigenvalue weighted by Crippen LogP contribution is -2.14. The van der Waals surface area contributed by atoms with Crippen molar-refractivity contribution >= 4 is 28.9 Å². The summed E-state index contributed by atoms with van der Waals surface area (Å²) < 4.78 is 5.66. The third-order valence-corrected chi connectivity index (χ3v) is 3.44. The number of carbonyl (C=O) groups excluding carboxylic acids is 2. The summed E-state index contributed by atoms with van der Waals surface area (Å²) >= 11 is 5.88. The van der Waals surface area contributed by atoms with Crippen molar-refractivity contribution in [3.8, 4) is 5.75 Å². The molecule has 0 aliphatic heterocycles. The maximum absolute atomic E-state index is 11.6. The predicted molar refractivity (Wildman–Crippen MR) is 91.9 cm³/mol. The number of oxime groups is 1. The highest BCUT2D eigenvalue weighted by Crippen LogP contribution is 2.15. The number of rotatable bonds is 7. The van der Waals surface area contributed by atoms with Crippen LogP contribution >= 0.6 is 11.6 Å². The lowest BCUT2D eigenvalue weighted by Gasteiger charge is -2.09. The van der Waals surface area contributed by atoms with Crippen molar-refractivity contribution in [1.82, 2.24) is 0 Å². The number of benzene rings is 2. The van der Waals surface area contributed by atoms with E-state index in [1.54, 1.807) is 36.4 Å². The first-order valence-electron chi connectivity index (χ1n) is 7.15. The molecule has 6 heteroatoms. The average Bonchev–Trinajstić information content (AvgIpc) is 2.59. The van der Waals surface area contributed by atoms with Gasteiger partial charge in [0, 0.05) is 23.1 Å². The van der Waals surface area contributed by atoms with Gasteiger partial charge < -0.3 is 9.57 Å². The Balaban J connectivity index is 2.07. The molecule has 0 atom stereocenters. The van der Waals surface area contributed by atoms with Crippen molar-refractivity contribution in [3.63, 3.8) is 0 Å². The SMILES string of the molecule is CO/N=C(\COc1ccc(C(=O)C(C)=O)cc1)c1ccc(Cl)cc1. The summed E-state index contributed by atoms with van der Waals surface area (Å²) in [4.78, 5) is 27.5. The van der Waals surface area contributed by atoms with Crippen LogP contribution in [0.3, 0.4) is 0 Å². The van der Waals surface area contributed by atoms with Gasteiger partial charge in [0.15, 0.2) is 5.78 Å². The Labute approximate surface area is 144 Å². The lowest BCUT2D eigenvalue weighted by atomic mass is 10.1. The summed E-state index contributed by atoms with van der Waals surface area (Å²) in [6, 6.07) is 13.5. The molecule has 0 fully saturated rings. The van der Waals surface area contributed by atoms with Gasteiger partial charge in [-0.1, -0.05) is 28.9 Å². The van der Waals surface area contributed by atoms with E-state index in [0.717, 1.165) is 5.56 Å². The van der Waals surface area contributed by atoms with Gasteiger partial charge in [0.1, 0.15) is 25.2 Å². The Kier molecular flexibility index (Phi) is 6.09. The van der Waals surface area contributed by atoms with E-state index in [9.17, 15) is 9.59 Å². The first kappa shape index (κ1) is 17.7. The Hall–Kier alpha value is -2.66. The van der Waals surface area contributed by atoms with Crippen LogP contribution in [0.4, 0.5) is 0 Å². The Morgan fingerprint density at radius 3 is 2.12 bits per heavy atom. The number of halogens is 1. The first-order chi connectivity index (χ1) is 11.5. The normalized spacial score (nSPS) is 11.0. The van der Waals surface area contributed by atoms with Crippen LogP contribution in [0.2, 0.25) is 5.02 Å². The fourth-order valence-electron chi connectivity index (χ4n) is 1.97. The van der Waals surface area contributed by atoms with Crippen LogP contribution in [-0.4, -0.2) is 31.0 Å². The molecule has 124 valence electrons. The van der Waals surface area contributed by atoms with Crippen molar-refractivity contribution in [2.75, 3.05) is 13.7 Å². The van der Waals surface area contributed by atoms with Crippen LogP contribution in [0.25, 0.3) is 0 Å². The van der Waals surface area contributed by atoms with Crippen LogP contribution < -0.4 is 4.74 Å². The summed E-state index contributed by atoms with van der Waals surface area (Å²) in [5.41, 5.74) is 1.75. The first-order valence-corrected chi connectivity index (χ1v) is 7.53. The Morgan fingerprint density at radius 2 is 1.58 bits per heavy atom. The molecule has 0 amide bonds. The zero-order valence-electron chi connectivity index (χ0n) is 13.3. The van der Waals surface area contributed by atoms with E-state index >= 15 is 0 Å². The summed E-state index contributed by atoms with van der Waals surface area (Å²) in [7, 11) is 1.46. The molecular formula is C18H16ClNO4. The number of hydrogen-bond donors (Lipinski definition) is 0. The van der Waals surface area contributed by atoms with E-state index in [4.69, 9.17) is 21.2 Å². The second-order valence-corrected chi connectivity index (χ2v) is 5.36. The molecule has 0 unspecified atom stereocenters. The smallest absolute Gasteiger partial charge is 0.228 e. The standard InChI is InChI=1S/C18H16ClNO4/c1-12(21)18(22)14-5-9-16(10-6-14)24-11-17(20-23-2)13-3-7-15(19)8-4-13/h3-10H,11H2,1-2H3/b20-17+. The third kappa shape index (κ3) is 4.67. The number of hydrogen-bond acceptors (Lipinski definition) is 5. The molecule has 5 nitrogen and oxygen atoms in total. The number of Topliss-reactive ketones (excluding diaryl/α,β-unsaturated/α-hetero) is 2. The third-order valence-electron chi connectivity index (χ3n) is 3.19. The molecule has 0 aliphatic carbocycles. The van der Waals surface area contributed by atoms with Gasteiger partial charge in [0.05, 0.1) is 0 Å². The average molecular weight is 346 g/mol. The van der Waals surface area contributed by atoms with Gasteiger partial charge in [-0.25, -0.2) is 0 Å². The second kappa shape index (κ2) is 8.26. The van der Waals surface area contributed by atoms with Crippen molar-refractivity contribution in [3.05, 3.63) is 64.7 Å². The van der Waals surface area contributed by atoms with E-state index in [0.29, 0.717) is 22.0 Å². The molecule has 0 bridgehead atoms. The summed E-state index contributed by atoms with van der Waals surface area (Å²) in [6.45, 7) is 1.42. The van der Waals surface area contributed by atoms with E-state index < -0.39 is 11.6 Å². The topological polar surface area (TPSA) is 65.0 Å². The largest absolute Gasteiger partial charge is 0.487 e. The van der Waals surface area contributed by atoms with Crippen molar-refractivity contribution in [2.24, 2.45) is 5.16 Å². The number of ketones is 2. The molecule has 0 aliphatic rings. The van der Waals surface area contributed by atoms with Crippen LogP contribution in [0.15, 0.2) is 53.7 Å². The van der Waals surface area contributed by atoms with Crippen LogP contribution in [0.1, 0.15) is 22.8 Å². The zero-order chi connectivity index (χ0) is 17.5. The maximum atomic E-state index is 11.6. The summed E-state index contributed by atoms with van der Waals surface area (Å²) in [5, 5.41) is 4.58. The van der Waals surface area contributed by atoms with Gasteiger partial charge in [-0.3, -0.25) is 9.59 Å². The van der Waals surface area contributed by atoms with Gasteiger partial charge in [-0.15, -0.1) is 0 Å². The summed E-state index contributed by atoms with van der Waals surface area (Å²) in [5.74, 6) is -0.474. The van der Waals surface area contributed by atoms with E-state index in [-0.39, 0.29) is 6.61 Å². The molecule has 0 heterocycles. The molecular weight excluding hydrogens is 330 g/mol. The molecule has 0 aromatic heterocycles. The molecule has 2 aromatic carbocycles. The lowest BCUT2D eigenvalue weighted by molar-refractivity contribution is -0.113. The highest BCUT2D eigenvalue weighted by Gasteiger charge is 2.11. The summed E-state index contributed by atoms with van der Waals surface area (Å²) in [6.07, 6.45) is 0. The highest BCUT2D eigenvalue weighted by atomic mass is 35.5. The van der Waals surface area contributed by atoms with E-state index in [2.05, 4.69) is 5.16 Å². The molecule has 0 saturated heterocycles. The number of carbonyl (C=O) groups is 2. The van der Waals surface area contributed by atoms with Gasteiger partial charge in [-0.05, 0) is 36.4 Å². The highest BCUT2D eigenvalue weighted by molar-refractivity contribution is 6.42. The molecule has 24 heavy (non-hydrogen) atoms. The molecule has 0 spiro atoms. The van der Waals surface area contributed by atoms with Gasteiger partial charge in [0.25, 0.3) is 0 Å². The zero-order valence-corrected chi connectivity index (χ0v) is 14.0. The Bertz CT molecular complexity index is 752. The maximum Gasteiger partial charge on any atom is 0.228 e. The van der Waals surface area contributed by atoms with Crippen LogP contribution in [0, 0.1) is 0 Å². The fraction of sp³-hybridized carbons (Fsp3) is 0.167. The number of nitrogens with zero attached hydrogens (tertiary/aromatic N) is 1. The minimum Gasteiger partial charge on any atom is -0.487 e. The van der Waals surface area contributed by atoms with Gasteiger partial charge in [0.2, 0.25) is 5.78 Å². The number of ether oxygens (including phenoxy) is 1. The predicted octanol–water partition coefficient (Wildman–Crippen LogP) is 3.54. The van der Waals surface area contributed by atoms with Gasteiger partial charge in [-0.2, -0.15) is 0 Å². The molecule has 0 saturated carbocycles. The van der Waals surface area contributed by atoms with Crippen LogP contribution in [-0.2, 0) is 9.63 Å². The van der Waals surface area contributed by atoms with Crippen molar-refractivity contribution in [1.29, 1.82) is 0 Å². The quantitative estimate of drug-likeness (QED) is 0.333. The van der Waals surface area contributed by atoms with Crippen molar-refractivity contribution in [2.45, 2.75) is 6.92 Å². The van der Waals surface area contributed by atoms with Crippen LogP contribution in [0.5, 0.6) is 5.75 Å². The van der Waals surface area contributed by atoms with E-state index in [1.807, 2.05) is 12.1 Å². The molecule has 2 aromatic rings. The fourth-order valence-corrected chi connectivity index (χ4v) is 2.10. The minimum absolute atomic E-state index is 0.176. The molecule has 0 N–H and O–H groups in total. The second-order valence-electron chi connectivity index (χ2n) is 4.93. The van der Waals surface area contributed by atoms with Gasteiger partial charge >= 0.3 is 0 Å². The van der Waals surface area contributed by atoms with E-state index in [1.165, 1.54) is 14.0 Å².